The molecule has 0 saturated carbocycles. The molecule has 5 heteroatoms. The smallest absolute Gasteiger partial charge is 0.185 e. The number of thiazole rings is 1. The molecule has 1 aromatic rings. The van der Waals surface area contributed by atoms with Gasteiger partial charge in [0.15, 0.2) is 5.13 Å². The topological polar surface area (TPSA) is 45.4 Å². The van der Waals surface area contributed by atoms with Crippen LogP contribution in [0.4, 0.5) is 5.13 Å². The van der Waals surface area contributed by atoms with E-state index in [9.17, 15) is 0 Å². The van der Waals surface area contributed by atoms with Crippen LogP contribution in [0.3, 0.4) is 0 Å². The summed E-state index contributed by atoms with van der Waals surface area (Å²) in [6.07, 6.45) is 2.99. The van der Waals surface area contributed by atoms with E-state index in [1.165, 1.54) is 0 Å². The van der Waals surface area contributed by atoms with E-state index in [1.807, 2.05) is 11.6 Å². The molecule has 0 bridgehead atoms. The minimum absolute atomic E-state index is 0.162. The van der Waals surface area contributed by atoms with E-state index in [4.69, 9.17) is 5.73 Å². The molecule has 1 aromatic heterocycles. The molecule has 1 fully saturated rings. The van der Waals surface area contributed by atoms with Gasteiger partial charge in [0.1, 0.15) is 0 Å². The predicted octanol–water partition coefficient (Wildman–Crippen LogP) is 1.39. The van der Waals surface area contributed by atoms with Crippen molar-refractivity contribution in [1.29, 1.82) is 0 Å². The number of nitrogens with zero attached hydrogens (tertiary/aromatic N) is 3. The number of piperazine rings is 1. The van der Waals surface area contributed by atoms with E-state index in [0.29, 0.717) is 0 Å². The van der Waals surface area contributed by atoms with Gasteiger partial charge in [0, 0.05) is 49.8 Å². The van der Waals surface area contributed by atoms with Crippen molar-refractivity contribution >= 4 is 16.5 Å². The van der Waals surface area contributed by atoms with Crippen molar-refractivity contribution in [1.82, 2.24) is 9.88 Å². The van der Waals surface area contributed by atoms with Crippen LogP contribution in [-0.4, -0.2) is 48.1 Å². The third kappa shape index (κ3) is 2.61. The van der Waals surface area contributed by atoms with Gasteiger partial charge in [0.05, 0.1) is 0 Å². The average Bonchev–Trinajstić information content (AvgIpc) is 2.92. The van der Waals surface area contributed by atoms with Crippen LogP contribution < -0.4 is 10.6 Å². The van der Waals surface area contributed by atoms with Crippen molar-refractivity contribution in [2.45, 2.75) is 25.8 Å². The number of rotatable bonds is 4. The Morgan fingerprint density at radius 1 is 1.41 bits per heavy atom. The van der Waals surface area contributed by atoms with Crippen molar-refractivity contribution in [2.24, 2.45) is 5.73 Å². The molecule has 0 radical (unpaired) electrons. The van der Waals surface area contributed by atoms with Gasteiger partial charge in [-0.2, -0.15) is 0 Å². The fourth-order valence-electron chi connectivity index (χ4n) is 2.31. The molecule has 0 aliphatic carbocycles. The van der Waals surface area contributed by atoms with Gasteiger partial charge in [-0.1, -0.05) is 6.92 Å². The molecule has 0 aromatic carbocycles. The highest BCUT2D eigenvalue weighted by molar-refractivity contribution is 7.13. The van der Waals surface area contributed by atoms with Crippen molar-refractivity contribution in [3.05, 3.63) is 11.6 Å². The van der Waals surface area contributed by atoms with Crippen LogP contribution in [0, 0.1) is 0 Å². The molecule has 1 aliphatic heterocycles. The minimum Gasteiger partial charge on any atom is -0.346 e. The number of anilines is 1. The summed E-state index contributed by atoms with van der Waals surface area (Å²) in [7, 11) is 0. The summed E-state index contributed by atoms with van der Waals surface area (Å²) < 4.78 is 0. The molecule has 1 atom stereocenters. The number of hydrogen-bond acceptors (Lipinski definition) is 5. The van der Waals surface area contributed by atoms with E-state index in [2.05, 4.69) is 28.6 Å². The lowest BCUT2D eigenvalue weighted by Crippen LogP contribution is -2.58. The molecule has 96 valence electrons. The Hall–Kier alpha value is -0.650. The highest BCUT2D eigenvalue weighted by Crippen LogP contribution is 2.23. The highest BCUT2D eigenvalue weighted by Gasteiger charge is 2.31. The summed E-state index contributed by atoms with van der Waals surface area (Å²) in [5, 5.41) is 3.19. The van der Waals surface area contributed by atoms with Gasteiger partial charge < -0.3 is 10.6 Å². The van der Waals surface area contributed by atoms with Crippen LogP contribution in [0.1, 0.15) is 20.3 Å². The summed E-state index contributed by atoms with van der Waals surface area (Å²) in [5.41, 5.74) is 6.07. The average molecular weight is 254 g/mol. The second kappa shape index (κ2) is 5.33. The lowest BCUT2D eigenvalue weighted by Gasteiger charge is -2.45. The Morgan fingerprint density at radius 2 is 2.12 bits per heavy atom. The molecular formula is C12H22N4S. The van der Waals surface area contributed by atoms with E-state index in [1.54, 1.807) is 11.3 Å². The van der Waals surface area contributed by atoms with E-state index < -0.39 is 0 Å². The first-order valence-corrected chi connectivity index (χ1v) is 7.17. The van der Waals surface area contributed by atoms with Crippen LogP contribution in [0.5, 0.6) is 0 Å². The first-order chi connectivity index (χ1) is 8.19. The molecule has 4 nitrogen and oxygen atoms in total. The van der Waals surface area contributed by atoms with Crippen molar-refractivity contribution in [3.8, 4) is 0 Å². The van der Waals surface area contributed by atoms with Gasteiger partial charge in [0.25, 0.3) is 0 Å². The number of nitrogens with two attached hydrogens (primary N) is 1. The monoisotopic (exact) mass is 254 g/mol. The van der Waals surface area contributed by atoms with Gasteiger partial charge in [-0.3, -0.25) is 4.90 Å². The molecule has 0 spiro atoms. The first kappa shape index (κ1) is 12.8. The molecule has 1 aliphatic rings. The van der Waals surface area contributed by atoms with Crippen LogP contribution in [-0.2, 0) is 0 Å². The second-order valence-corrected chi connectivity index (χ2v) is 5.72. The van der Waals surface area contributed by atoms with Crippen LogP contribution in [0.15, 0.2) is 11.6 Å². The summed E-state index contributed by atoms with van der Waals surface area (Å²) in [4.78, 5) is 9.26. The quantitative estimate of drug-likeness (QED) is 0.882. The predicted molar refractivity (Wildman–Crippen MR) is 73.7 cm³/mol. The van der Waals surface area contributed by atoms with Crippen LogP contribution >= 0.6 is 11.3 Å². The van der Waals surface area contributed by atoms with Gasteiger partial charge in [-0.25, -0.2) is 4.98 Å². The Bertz CT molecular complexity index is 326. The number of aromatic nitrogens is 1. The minimum atomic E-state index is 0.162. The zero-order valence-corrected chi connectivity index (χ0v) is 11.5. The highest BCUT2D eigenvalue weighted by atomic mass is 32.1. The van der Waals surface area contributed by atoms with E-state index in [0.717, 1.165) is 44.3 Å². The Labute approximate surface area is 107 Å². The lowest BCUT2D eigenvalue weighted by atomic mass is 9.95. The van der Waals surface area contributed by atoms with E-state index in [-0.39, 0.29) is 5.54 Å². The maximum Gasteiger partial charge on any atom is 0.185 e. The Balaban J connectivity index is 1.94. The van der Waals surface area contributed by atoms with Crippen molar-refractivity contribution in [3.63, 3.8) is 0 Å². The third-order valence-corrected chi connectivity index (χ3v) is 4.77. The molecule has 2 rings (SSSR count). The standard InChI is InChI=1S/C12H22N4S/c1-3-12(2,10-13)16-7-5-15(6-8-16)11-14-4-9-17-11/h4,9H,3,5-8,10,13H2,1-2H3. The molecule has 17 heavy (non-hydrogen) atoms. The third-order valence-electron chi connectivity index (χ3n) is 3.93. The largest absolute Gasteiger partial charge is 0.346 e. The Morgan fingerprint density at radius 3 is 2.59 bits per heavy atom. The van der Waals surface area contributed by atoms with Crippen LogP contribution in [0.2, 0.25) is 0 Å². The number of hydrogen-bond donors (Lipinski definition) is 1. The Kier molecular flexibility index (Phi) is 4.01. The van der Waals surface area contributed by atoms with Gasteiger partial charge in [-0.15, -0.1) is 11.3 Å². The molecule has 1 unspecified atom stereocenters. The SMILES string of the molecule is CCC(C)(CN)N1CCN(c2nccs2)CC1. The van der Waals surface area contributed by atoms with Gasteiger partial charge in [-0.05, 0) is 13.3 Å². The maximum atomic E-state index is 5.91. The first-order valence-electron chi connectivity index (χ1n) is 6.29. The van der Waals surface area contributed by atoms with Gasteiger partial charge in [0.2, 0.25) is 0 Å². The summed E-state index contributed by atoms with van der Waals surface area (Å²) in [6.45, 7) is 9.52. The molecule has 2 heterocycles. The lowest BCUT2D eigenvalue weighted by molar-refractivity contribution is 0.0988. The van der Waals surface area contributed by atoms with Gasteiger partial charge >= 0.3 is 0 Å². The molecule has 1 saturated heterocycles. The molecular weight excluding hydrogens is 232 g/mol. The fraction of sp³-hybridized carbons (Fsp3) is 0.750. The zero-order valence-electron chi connectivity index (χ0n) is 10.7. The van der Waals surface area contributed by atoms with E-state index >= 15 is 0 Å². The fourth-order valence-corrected chi connectivity index (χ4v) is 3.00. The molecule has 0 amide bonds. The summed E-state index contributed by atoms with van der Waals surface area (Å²) in [6, 6.07) is 0. The molecule has 2 N–H and O–H groups in total. The maximum absolute atomic E-state index is 5.91. The normalized spacial score (nSPS) is 21.5. The summed E-state index contributed by atoms with van der Waals surface area (Å²) in [5.74, 6) is 0. The van der Waals surface area contributed by atoms with Crippen molar-refractivity contribution < 1.29 is 0 Å². The second-order valence-electron chi connectivity index (χ2n) is 4.84. The zero-order chi connectivity index (χ0) is 12.3. The van der Waals surface area contributed by atoms with Crippen molar-refractivity contribution in [2.75, 3.05) is 37.6 Å². The summed E-state index contributed by atoms with van der Waals surface area (Å²) >= 11 is 1.72. The van der Waals surface area contributed by atoms with Crippen LogP contribution in [0.25, 0.3) is 0 Å².